The highest BCUT2D eigenvalue weighted by Crippen LogP contribution is 2.34. The van der Waals surface area contributed by atoms with Crippen molar-refractivity contribution in [2.75, 3.05) is 13.7 Å². The van der Waals surface area contributed by atoms with Gasteiger partial charge in [0.1, 0.15) is 0 Å². The minimum absolute atomic E-state index is 0.365. The van der Waals surface area contributed by atoms with Crippen LogP contribution in [0, 0.1) is 11.8 Å². The van der Waals surface area contributed by atoms with Crippen molar-refractivity contribution >= 4 is 0 Å². The Hall–Kier alpha value is -0.0800. The van der Waals surface area contributed by atoms with Crippen LogP contribution in [0.3, 0.4) is 0 Å². The van der Waals surface area contributed by atoms with Crippen LogP contribution in [0.5, 0.6) is 0 Å². The standard InChI is InChI=1S/C13H27NO/c1-5-14-12(9-8-11-6-7-11)13(15-4)10(2)3/h10-14H,5-9H2,1-4H3. The zero-order chi connectivity index (χ0) is 11.3. The lowest BCUT2D eigenvalue weighted by molar-refractivity contribution is 0.0302. The second kappa shape index (κ2) is 6.49. The fourth-order valence-corrected chi connectivity index (χ4v) is 2.37. The van der Waals surface area contributed by atoms with Gasteiger partial charge >= 0.3 is 0 Å². The summed E-state index contributed by atoms with van der Waals surface area (Å²) in [4.78, 5) is 0. The first-order chi connectivity index (χ1) is 7.19. The van der Waals surface area contributed by atoms with Crippen LogP contribution in [-0.4, -0.2) is 25.8 Å². The zero-order valence-electron chi connectivity index (χ0n) is 10.8. The van der Waals surface area contributed by atoms with Crippen molar-refractivity contribution in [2.24, 2.45) is 11.8 Å². The third kappa shape index (κ3) is 4.52. The van der Waals surface area contributed by atoms with Gasteiger partial charge in [0.2, 0.25) is 0 Å². The fourth-order valence-electron chi connectivity index (χ4n) is 2.37. The first-order valence-corrected chi connectivity index (χ1v) is 6.45. The SMILES string of the molecule is CCNC(CCC1CC1)C(OC)C(C)C. The molecule has 1 N–H and O–H groups in total. The molecule has 0 spiro atoms. The van der Waals surface area contributed by atoms with Gasteiger partial charge in [0.15, 0.2) is 0 Å². The van der Waals surface area contributed by atoms with Gasteiger partial charge in [0, 0.05) is 13.2 Å². The predicted molar refractivity (Wildman–Crippen MR) is 65.1 cm³/mol. The summed E-state index contributed by atoms with van der Waals surface area (Å²) in [7, 11) is 1.84. The van der Waals surface area contributed by atoms with Gasteiger partial charge in [0.05, 0.1) is 6.10 Å². The molecule has 0 aliphatic heterocycles. The van der Waals surface area contributed by atoms with E-state index in [2.05, 4.69) is 26.1 Å². The number of hydrogen-bond donors (Lipinski definition) is 1. The largest absolute Gasteiger partial charge is 0.380 e. The number of likely N-dealkylation sites (N-methyl/N-ethyl adjacent to an activating group) is 1. The van der Waals surface area contributed by atoms with E-state index in [9.17, 15) is 0 Å². The molecule has 0 radical (unpaired) electrons. The van der Waals surface area contributed by atoms with Crippen LogP contribution in [0.4, 0.5) is 0 Å². The predicted octanol–water partition coefficient (Wildman–Crippen LogP) is 2.83. The van der Waals surface area contributed by atoms with Crippen molar-refractivity contribution in [3.8, 4) is 0 Å². The van der Waals surface area contributed by atoms with Gasteiger partial charge in [-0.3, -0.25) is 0 Å². The molecule has 1 aliphatic carbocycles. The number of methoxy groups -OCH3 is 1. The summed E-state index contributed by atoms with van der Waals surface area (Å²) >= 11 is 0. The van der Waals surface area contributed by atoms with E-state index in [0.717, 1.165) is 12.5 Å². The summed E-state index contributed by atoms with van der Waals surface area (Å²) in [6.45, 7) is 7.71. The highest BCUT2D eigenvalue weighted by atomic mass is 16.5. The lowest BCUT2D eigenvalue weighted by Gasteiger charge is -2.29. The maximum absolute atomic E-state index is 5.62. The van der Waals surface area contributed by atoms with E-state index in [1.54, 1.807) is 0 Å². The van der Waals surface area contributed by atoms with E-state index in [1.807, 2.05) is 7.11 Å². The number of hydrogen-bond acceptors (Lipinski definition) is 2. The monoisotopic (exact) mass is 213 g/mol. The van der Waals surface area contributed by atoms with Gasteiger partial charge in [0.25, 0.3) is 0 Å². The van der Waals surface area contributed by atoms with Gasteiger partial charge in [-0.15, -0.1) is 0 Å². The van der Waals surface area contributed by atoms with Gasteiger partial charge in [-0.05, 0) is 31.2 Å². The molecule has 2 atom stereocenters. The number of ether oxygens (including phenoxy) is 1. The summed E-state index contributed by atoms with van der Waals surface area (Å²) in [5.41, 5.74) is 0. The average molecular weight is 213 g/mol. The Kier molecular flexibility index (Phi) is 5.62. The third-order valence-corrected chi connectivity index (χ3v) is 3.37. The molecule has 2 unspecified atom stereocenters. The highest BCUT2D eigenvalue weighted by Gasteiger charge is 2.27. The highest BCUT2D eigenvalue weighted by molar-refractivity contribution is 4.82. The molecule has 1 aliphatic rings. The molecule has 2 heteroatoms. The average Bonchev–Trinajstić information content (AvgIpc) is 2.98. The lowest BCUT2D eigenvalue weighted by atomic mass is 9.95. The van der Waals surface area contributed by atoms with Crippen molar-refractivity contribution in [3.05, 3.63) is 0 Å². The zero-order valence-corrected chi connectivity index (χ0v) is 10.8. The van der Waals surface area contributed by atoms with Crippen LogP contribution >= 0.6 is 0 Å². The Morgan fingerprint density at radius 1 is 1.33 bits per heavy atom. The lowest BCUT2D eigenvalue weighted by Crippen LogP contribution is -2.43. The number of nitrogens with one attached hydrogen (secondary N) is 1. The maximum Gasteiger partial charge on any atom is 0.0747 e. The second-order valence-corrected chi connectivity index (χ2v) is 5.13. The molecular weight excluding hydrogens is 186 g/mol. The Labute approximate surface area is 94.8 Å². The van der Waals surface area contributed by atoms with Crippen LogP contribution in [0.2, 0.25) is 0 Å². The Morgan fingerprint density at radius 3 is 2.40 bits per heavy atom. The first-order valence-electron chi connectivity index (χ1n) is 6.45. The summed E-state index contributed by atoms with van der Waals surface area (Å²) in [6, 6.07) is 0.542. The van der Waals surface area contributed by atoms with Gasteiger partial charge in [-0.2, -0.15) is 0 Å². The second-order valence-electron chi connectivity index (χ2n) is 5.13. The molecule has 0 aromatic rings. The molecule has 15 heavy (non-hydrogen) atoms. The maximum atomic E-state index is 5.62. The van der Waals surface area contributed by atoms with E-state index in [-0.39, 0.29) is 0 Å². The molecule has 90 valence electrons. The smallest absolute Gasteiger partial charge is 0.0747 e. The van der Waals surface area contributed by atoms with Crippen molar-refractivity contribution in [1.82, 2.24) is 5.32 Å². The van der Waals surface area contributed by atoms with E-state index in [4.69, 9.17) is 4.74 Å². The molecule has 0 saturated heterocycles. The quantitative estimate of drug-likeness (QED) is 0.669. The topological polar surface area (TPSA) is 21.3 Å². The van der Waals surface area contributed by atoms with Crippen molar-refractivity contribution in [1.29, 1.82) is 0 Å². The molecule has 1 saturated carbocycles. The minimum atomic E-state index is 0.365. The number of rotatable bonds is 8. The van der Waals surface area contributed by atoms with Crippen molar-refractivity contribution in [2.45, 2.75) is 58.6 Å². The van der Waals surface area contributed by atoms with Crippen LogP contribution < -0.4 is 5.32 Å². The summed E-state index contributed by atoms with van der Waals surface area (Å²) in [5, 5.41) is 3.57. The van der Waals surface area contributed by atoms with Gasteiger partial charge < -0.3 is 10.1 Å². The Morgan fingerprint density at radius 2 is 2.00 bits per heavy atom. The van der Waals surface area contributed by atoms with Gasteiger partial charge in [-0.25, -0.2) is 0 Å². The normalized spacial score (nSPS) is 20.6. The molecule has 0 bridgehead atoms. The van der Waals surface area contributed by atoms with E-state index >= 15 is 0 Å². The summed E-state index contributed by atoms with van der Waals surface area (Å²) in [5.74, 6) is 1.62. The van der Waals surface area contributed by atoms with Crippen LogP contribution in [0.1, 0.15) is 46.5 Å². The third-order valence-electron chi connectivity index (χ3n) is 3.37. The molecule has 1 rings (SSSR count). The molecular formula is C13H27NO. The van der Waals surface area contributed by atoms with Crippen LogP contribution in [0.15, 0.2) is 0 Å². The summed E-state index contributed by atoms with van der Waals surface area (Å²) < 4.78 is 5.62. The van der Waals surface area contributed by atoms with Gasteiger partial charge in [-0.1, -0.05) is 33.6 Å². The van der Waals surface area contributed by atoms with Crippen molar-refractivity contribution < 1.29 is 4.74 Å². The molecule has 2 nitrogen and oxygen atoms in total. The molecule has 0 aromatic carbocycles. The summed E-state index contributed by atoms with van der Waals surface area (Å²) in [6.07, 6.45) is 5.93. The van der Waals surface area contributed by atoms with E-state index in [1.165, 1.54) is 25.7 Å². The molecule has 0 heterocycles. The molecule has 0 amide bonds. The fraction of sp³-hybridized carbons (Fsp3) is 1.00. The van der Waals surface area contributed by atoms with Crippen LogP contribution in [0.25, 0.3) is 0 Å². The Bertz CT molecular complexity index is 166. The molecule has 1 fully saturated rings. The minimum Gasteiger partial charge on any atom is -0.380 e. The van der Waals surface area contributed by atoms with E-state index < -0.39 is 0 Å². The first kappa shape index (κ1) is 13.0. The van der Waals surface area contributed by atoms with Crippen molar-refractivity contribution in [3.63, 3.8) is 0 Å². The van der Waals surface area contributed by atoms with E-state index in [0.29, 0.717) is 18.1 Å². The Balaban J connectivity index is 2.37. The molecule has 0 aromatic heterocycles. The van der Waals surface area contributed by atoms with Crippen LogP contribution in [-0.2, 0) is 4.74 Å².